The SMILES string of the molecule is NC(=O)CN1C(=O)[C@](O)(CC(=O)/C=C\c2ccco2)c2ccccc21. The van der Waals surface area contributed by atoms with Crippen molar-refractivity contribution in [2.24, 2.45) is 5.73 Å². The van der Waals surface area contributed by atoms with Crippen LogP contribution in [-0.2, 0) is 20.0 Å². The number of aliphatic hydroxyl groups is 1. The van der Waals surface area contributed by atoms with Crippen LogP contribution >= 0.6 is 0 Å². The van der Waals surface area contributed by atoms with Crippen molar-refractivity contribution in [3.63, 3.8) is 0 Å². The molecule has 0 saturated heterocycles. The van der Waals surface area contributed by atoms with Crippen LogP contribution in [-0.4, -0.2) is 29.2 Å². The minimum atomic E-state index is -2.03. The van der Waals surface area contributed by atoms with Gasteiger partial charge in [-0.2, -0.15) is 0 Å². The van der Waals surface area contributed by atoms with Crippen LogP contribution in [0.2, 0.25) is 0 Å². The van der Waals surface area contributed by atoms with Crippen LogP contribution in [0.3, 0.4) is 0 Å². The monoisotopic (exact) mass is 340 g/mol. The Bertz CT molecular complexity index is 856. The first-order chi connectivity index (χ1) is 11.9. The number of nitrogens with zero attached hydrogens (tertiary/aromatic N) is 1. The molecule has 0 bridgehead atoms. The Hall–Kier alpha value is -3.19. The number of anilines is 1. The van der Waals surface area contributed by atoms with Gasteiger partial charge in [0.15, 0.2) is 11.4 Å². The average molecular weight is 340 g/mol. The molecule has 25 heavy (non-hydrogen) atoms. The van der Waals surface area contributed by atoms with Crippen molar-refractivity contribution in [2.45, 2.75) is 12.0 Å². The first-order valence-corrected chi connectivity index (χ1v) is 7.58. The average Bonchev–Trinajstić information content (AvgIpc) is 3.16. The molecule has 1 aromatic carbocycles. The van der Waals surface area contributed by atoms with Crippen molar-refractivity contribution in [1.82, 2.24) is 0 Å². The molecule has 3 N–H and O–H groups in total. The van der Waals surface area contributed by atoms with Gasteiger partial charge >= 0.3 is 0 Å². The second-order valence-electron chi connectivity index (χ2n) is 5.73. The van der Waals surface area contributed by atoms with Crippen LogP contribution in [0.15, 0.2) is 53.2 Å². The van der Waals surface area contributed by atoms with E-state index in [1.165, 1.54) is 18.4 Å². The zero-order chi connectivity index (χ0) is 18.0. The smallest absolute Gasteiger partial charge is 0.264 e. The molecule has 1 aliphatic heterocycles. The summed E-state index contributed by atoms with van der Waals surface area (Å²) in [5.41, 5.74) is 3.80. The molecule has 0 aliphatic carbocycles. The number of allylic oxidation sites excluding steroid dienone is 1. The topological polar surface area (TPSA) is 114 Å². The molecule has 1 atom stereocenters. The molecule has 0 saturated carbocycles. The number of nitrogens with two attached hydrogens (primary N) is 1. The van der Waals surface area contributed by atoms with Gasteiger partial charge in [-0.1, -0.05) is 18.2 Å². The Morgan fingerprint density at radius 1 is 1.24 bits per heavy atom. The van der Waals surface area contributed by atoms with E-state index in [0.29, 0.717) is 11.4 Å². The lowest BCUT2D eigenvalue weighted by Crippen LogP contribution is -2.44. The van der Waals surface area contributed by atoms with E-state index in [4.69, 9.17) is 10.2 Å². The number of carbonyl (C=O) groups is 3. The van der Waals surface area contributed by atoms with Gasteiger partial charge in [0.05, 0.1) is 18.4 Å². The van der Waals surface area contributed by atoms with Gasteiger partial charge in [0, 0.05) is 5.56 Å². The summed E-state index contributed by atoms with van der Waals surface area (Å²) in [4.78, 5) is 37.2. The molecule has 128 valence electrons. The van der Waals surface area contributed by atoms with Gasteiger partial charge in [-0.05, 0) is 30.4 Å². The van der Waals surface area contributed by atoms with Gasteiger partial charge in [-0.3, -0.25) is 19.3 Å². The molecule has 0 unspecified atom stereocenters. The van der Waals surface area contributed by atoms with Crippen molar-refractivity contribution in [3.05, 3.63) is 60.1 Å². The molecule has 1 aliphatic rings. The number of fused-ring (bicyclic) bond motifs is 1. The summed E-state index contributed by atoms with van der Waals surface area (Å²) < 4.78 is 5.09. The summed E-state index contributed by atoms with van der Waals surface area (Å²) in [6, 6.07) is 9.81. The Morgan fingerprint density at radius 3 is 2.68 bits per heavy atom. The number of rotatable bonds is 6. The second kappa shape index (κ2) is 6.37. The first-order valence-electron chi connectivity index (χ1n) is 7.58. The Kier molecular flexibility index (Phi) is 4.24. The van der Waals surface area contributed by atoms with E-state index < -0.39 is 29.6 Å². The van der Waals surface area contributed by atoms with Crippen LogP contribution in [0.5, 0.6) is 0 Å². The van der Waals surface area contributed by atoms with Crippen molar-refractivity contribution in [2.75, 3.05) is 11.4 Å². The minimum Gasteiger partial charge on any atom is -0.465 e. The van der Waals surface area contributed by atoms with Gasteiger partial charge in [-0.25, -0.2) is 0 Å². The molecular weight excluding hydrogens is 324 g/mol. The van der Waals surface area contributed by atoms with Crippen LogP contribution in [0.25, 0.3) is 6.08 Å². The summed E-state index contributed by atoms with van der Waals surface area (Å²) in [6.07, 6.45) is 3.72. The maximum Gasteiger partial charge on any atom is 0.264 e. The molecule has 0 radical (unpaired) electrons. The molecule has 2 amide bonds. The summed E-state index contributed by atoms with van der Waals surface area (Å²) in [5.74, 6) is -1.43. The molecular formula is C18H16N2O5. The van der Waals surface area contributed by atoms with Crippen LogP contribution in [0.1, 0.15) is 17.7 Å². The van der Waals surface area contributed by atoms with E-state index in [1.807, 2.05) is 0 Å². The number of carbonyl (C=O) groups excluding carboxylic acids is 3. The van der Waals surface area contributed by atoms with Gasteiger partial charge < -0.3 is 15.3 Å². The molecule has 1 aromatic heterocycles. The Balaban J connectivity index is 1.88. The van der Waals surface area contributed by atoms with E-state index in [-0.39, 0.29) is 12.1 Å². The number of benzene rings is 1. The van der Waals surface area contributed by atoms with E-state index in [9.17, 15) is 19.5 Å². The van der Waals surface area contributed by atoms with E-state index in [0.717, 1.165) is 4.90 Å². The maximum absolute atomic E-state index is 12.7. The highest BCUT2D eigenvalue weighted by Gasteiger charge is 2.50. The maximum atomic E-state index is 12.7. The summed E-state index contributed by atoms with van der Waals surface area (Å²) >= 11 is 0. The Labute approximate surface area is 143 Å². The number of para-hydroxylation sites is 1. The lowest BCUT2D eigenvalue weighted by Gasteiger charge is -2.21. The molecule has 0 fully saturated rings. The molecule has 7 nitrogen and oxygen atoms in total. The summed E-state index contributed by atoms with van der Waals surface area (Å²) in [6.45, 7) is -0.366. The van der Waals surface area contributed by atoms with E-state index in [2.05, 4.69) is 0 Å². The quantitative estimate of drug-likeness (QED) is 0.761. The zero-order valence-electron chi connectivity index (χ0n) is 13.2. The standard InChI is InChI=1S/C18H16N2O5/c19-16(22)11-20-15-6-2-1-5-14(15)18(24,17(20)23)10-12(21)7-8-13-4-3-9-25-13/h1-9,24H,10-11H2,(H2,19,22)/b8-7-/t18-/m0/s1. The summed E-state index contributed by atoms with van der Waals surface area (Å²) in [7, 11) is 0. The predicted molar refractivity (Wildman–Crippen MR) is 89.3 cm³/mol. The van der Waals surface area contributed by atoms with Crippen LogP contribution in [0.4, 0.5) is 5.69 Å². The Morgan fingerprint density at radius 2 is 2.00 bits per heavy atom. The third kappa shape index (κ3) is 3.09. The highest BCUT2D eigenvalue weighted by Crippen LogP contribution is 2.42. The normalized spacial score (nSPS) is 19.4. The van der Waals surface area contributed by atoms with Gasteiger partial charge in [0.2, 0.25) is 5.91 Å². The third-order valence-corrected chi connectivity index (χ3v) is 3.96. The van der Waals surface area contributed by atoms with Crippen molar-refractivity contribution < 1.29 is 23.9 Å². The number of primary amides is 1. The minimum absolute atomic E-state index is 0.279. The molecule has 2 heterocycles. The number of furan rings is 1. The van der Waals surface area contributed by atoms with Gasteiger partial charge in [0.25, 0.3) is 5.91 Å². The van der Waals surface area contributed by atoms with Crippen molar-refractivity contribution >= 4 is 29.4 Å². The molecule has 0 spiro atoms. The number of hydrogen-bond donors (Lipinski definition) is 2. The highest BCUT2D eigenvalue weighted by molar-refractivity contribution is 6.12. The lowest BCUT2D eigenvalue weighted by molar-refractivity contribution is -0.141. The molecule has 2 aromatic rings. The second-order valence-corrected chi connectivity index (χ2v) is 5.73. The van der Waals surface area contributed by atoms with Crippen LogP contribution in [0, 0.1) is 0 Å². The number of ketones is 1. The fourth-order valence-corrected chi connectivity index (χ4v) is 2.86. The van der Waals surface area contributed by atoms with Crippen molar-refractivity contribution in [3.8, 4) is 0 Å². The largest absolute Gasteiger partial charge is 0.465 e. The fraction of sp³-hybridized carbons (Fsp3) is 0.167. The van der Waals surface area contributed by atoms with Gasteiger partial charge in [-0.15, -0.1) is 0 Å². The van der Waals surface area contributed by atoms with Crippen molar-refractivity contribution in [1.29, 1.82) is 0 Å². The molecule has 7 heteroatoms. The third-order valence-electron chi connectivity index (χ3n) is 3.96. The first kappa shape index (κ1) is 16.7. The number of amides is 2. The zero-order valence-corrected chi connectivity index (χ0v) is 13.2. The van der Waals surface area contributed by atoms with Crippen LogP contribution < -0.4 is 10.6 Å². The van der Waals surface area contributed by atoms with E-state index in [1.54, 1.807) is 36.4 Å². The van der Waals surface area contributed by atoms with Gasteiger partial charge in [0.1, 0.15) is 12.3 Å². The highest BCUT2D eigenvalue weighted by atomic mass is 16.3. The fourth-order valence-electron chi connectivity index (χ4n) is 2.86. The predicted octanol–water partition coefficient (Wildman–Crippen LogP) is 0.972. The summed E-state index contributed by atoms with van der Waals surface area (Å²) in [5, 5.41) is 10.9. The number of hydrogen-bond acceptors (Lipinski definition) is 5. The lowest BCUT2D eigenvalue weighted by atomic mass is 9.90. The molecule has 3 rings (SSSR count). The van der Waals surface area contributed by atoms with E-state index >= 15 is 0 Å².